The van der Waals surface area contributed by atoms with Gasteiger partial charge in [-0.25, -0.2) is 0 Å². The molecule has 1 rings (SSSR count). The van der Waals surface area contributed by atoms with Crippen molar-refractivity contribution in [1.82, 2.24) is 10.2 Å². The smallest absolute Gasteiger partial charge is 0.289 e. The van der Waals surface area contributed by atoms with Crippen LogP contribution in [-0.4, -0.2) is 51.3 Å². The van der Waals surface area contributed by atoms with Gasteiger partial charge < -0.3 is 19.7 Å². The largest absolute Gasteiger partial charge is 0.491 e. The quantitative estimate of drug-likeness (QED) is 0.614. The molecule has 0 fully saturated rings. The van der Waals surface area contributed by atoms with Gasteiger partial charge in [0.15, 0.2) is 5.76 Å². The third-order valence-corrected chi connectivity index (χ3v) is 2.07. The lowest BCUT2D eigenvalue weighted by molar-refractivity contribution is -0.127. The van der Waals surface area contributed by atoms with Crippen LogP contribution in [0.2, 0.25) is 0 Å². The van der Waals surface area contributed by atoms with Crippen LogP contribution in [0.25, 0.3) is 0 Å². The molecule has 84 valence electrons. The zero-order chi connectivity index (χ0) is 11.4. The molecule has 1 aliphatic heterocycles. The summed E-state index contributed by atoms with van der Waals surface area (Å²) in [6.45, 7) is 0.370. The molecule has 15 heavy (non-hydrogen) atoms. The maximum atomic E-state index is 11.6. The van der Waals surface area contributed by atoms with Crippen LogP contribution in [0.4, 0.5) is 0 Å². The van der Waals surface area contributed by atoms with Crippen LogP contribution < -0.4 is 5.32 Å². The van der Waals surface area contributed by atoms with E-state index in [1.54, 1.807) is 7.05 Å². The fraction of sp³-hybridized carbons (Fsp3) is 0.556. The molecule has 0 aromatic heterocycles. The van der Waals surface area contributed by atoms with Gasteiger partial charge in [-0.3, -0.25) is 9.59 Å². The van der Waals surface area contributed by atoms with Gasteiger partial charge in [-0.2, -0.15) is 0 Å². The Bertz CT molecular complexity index is 311. The monoisotopic (exact) mass is 214 g/mol. The lowest BCUT2D eigenvalue weighted by Crippen LogP contribution is -2.29. The molecule has 0 aromatic rings. The number of carbonyl (C=O) groups is 2. The second-order valence-electron chi connectivity index (χ2n) is 3.11. The summed E-state index contributed by atoms with van der Waals surface area (Å²) in [5, 5.41) is 2.50. The summed E-state index contributed by atoms with van der Waals surface area (Å²) in [5.41, 5.74) is 0.335. The molecule has 0 radical (unpaired) electrons. The molecule has 6 heteroatoms. The molecular weight excluding hydrogens is 200 g/mol. The van der Waals surface area contributed by atoms with Crippen molar-refractivity contribution in [3.63, 3.8) is 0 Å². The van der Waals surface area contributed by atoms with Crippen LogP contribution in [0, 0.1) is 0 Å². The SMILES string of the molecule is COCNC(=O)C1=C(OC)C(=O)N(C)C1. The van der Waals surface area contributed by atoms with Crippen molar-refractivity contribution in [2.24, 2.45) is 0 Å². The number of nitrogens with zero attached hydrogens (tertiary/aromatic N) is 1. The van der Waals surface area contributed by atoms with Gasteiger partial charge >= 0.3 is 0 Å². The lowest BCUT2D eigenvalue weighted by atomic mass is 10.2. The summed E-state index contributed by atoms with van der Waals surface area (Å²) in [5.74, 6) is -0.516. The second kappa shape index (κ2) is 4.79. The Morgan fingerprint density at radius 1 is 1.53 bits per heavy atom. The topological polar surface area (TPSA) is 67.9 Å². The third-order valence-electron chi connectivity index (χ3n) is 2.07. The van der Waals surface area contributed by atoms with E-state index in [-0.39, 0.29) is 30.8 Å². The van der Waals surface area contributed by atoms with E-state index in [2.05, 4.69) is 5.32 Å². The Labute approximate surface area is 87.8 Å². The molecule has 0 unspecified atom stereocenters. The number of rotatable bonds is 4. The van der Waals surface area contributed by atoms with Crippen molar-refractivity contribution in [3.8, 4) is 0 Å². The summed E-state index contributed by atoms with van der Waals surface area (Å²) < 4.78 is 9.60. The number of ether oxygens (including phenoxy) is 2. The van der Waals surface area contributed by atoms with E-state index in [0.717, 1.165) is 0 Å². The minimum absolute atomic E-state index is 0.103. The molecule has 0 aromatic carbocycles. The van der Waals surface area contributed by atoms with Crippen LogP contribution >= 0.6 is 0 Å². The molecule has 1 N–H and O–H groups in total. The summed E-state index contributed by atoms with van der Waals surface area (Å²) >= 11 is 0. The van der Waals surface area contributed by atoms with Crippen molar-refractivity contribution in [1.29, 1.82) is 0 Å². The van der Waals surface area contributed by atoms with E-state index >= 15 is 0 Å². The highest BCUT2D eigenvalue weighted by atomic mass is 16.5. The van der Waals surface area contributed by atoms with Gasteiger partial charge in [0, 0.05) is 14.2 Å². The van der Waals surface area contributed by atoms with Gasteiger partial charge in [-0.05, 0) is 0 Å². The molecule has 1 heterocycles. The van der Waals surface area contributed by atoms with Gasteiger partial charge in [0.25, 0.3) is 11.8 Å². The van der Waals surface area contributed by atoms with Gasteiger partial charge in [0.1, 0.15) is 6.73 Å². The van der Waals surface area contributed by atoms with E-state index in [4.69, 9.17) is 9.47 Å². The van der Waals surface area contributed by atoms with Crippen LogP contribution in [-0.2, 0) is 19.1 Å². The first kappa shape index (κ1) is 11.5. The van der Waals surface area contributed by atoms with Crippen molar-refractivity contribution >= 4 is 11.8 Å². The van der Waals surface area contributed by atoms with E-state index in [0.29, 0.717) is 5.57 Å². The van der Waals surface area contributed by atoms with Crippen LogP contribution in [0.1, 0.15) is 0 Å². The van der Waals surface area contributed by atoms with E-state index in [1.165, 1.54) is 19.1 Å². The second-order valence-corrected chi connectivity index (χ2v) is 3.11. The zero-order valence-corrected chi connectivity index (χ0v) is 8.99. The molecule has 0 bridgehead atoms. The van der Waals surface area contributed by atoms with E-state index in [9.17, 15) is 9.59 Å². The summed E-state index contributed by atoms with van der Waals surface area (Å²) in [7, 11) is 4.45. The molecule has 0 atom stereocenters. The molecular formula is C9H14N2O4. The number of methoxy groups -OCH3 is 2. The van der Waals surface area contributed by atoms with Crippen molar-refractivity contribution < 1.29 is 19.1 Å². The number of hydrogen-bond donors (Lipinski definition) is 1. The fourth-order valence-electron chi connectivity index (χ4n) is 1.31. The number of nitrogens with one attached hydrogen (secondary N) is 1. The highest BCUT2D eigenvalue weighted by Gasteiger charge is 2.32. The normalized spacial score (nSPS) is 15.9. The Morgan fingerprint density at radius 3 is 2.73 bits per heavy atom. The highest BCUT2D eigenvalue weighted by Crippen LogP contribution is 2.17. The fourth-order valence-corrected chi connectivity index (χ4v) is 1.31. The van der Waals surface area contributed by atoms with Crippen LogP contribution in [0.3, 0.4) is 0 Å². The van der Waals surface area contributed by atoms with Crippen molar-refractivity contribution in [2.45, 2.75) is 0 Å². The Kier molecular flexibility index (Phi) is 3.68. The molecule has 0 saturated heterocycles. The van der Waals surface area contributed by atoms with Crippen LogP contribution in [0.5, 0.6) is 0 Å². The van der Waals surface area contributed by atoms with Gasteiger partial charge in [0.2, 0.25) is 0 Å². The summed E-state index contributed by atoms with van der Waals surface area (Å²) in [6.07, 6.45) is 0. The van der Waals surface area contributed by atoms with Crippen LogP contribution in [0.15, 0.2) is 11.3 Å². The molecule has 0 spiro atoms. The summed E-state index contributed by atoms with van der Waals surface area (Å²) in [4.78, 5) is 24.4. The van der Waals surface area contributed by atoms with Gasteiger partial charge in [-0.1, -0.05) is 0 Å². The molecule has 6 nitrogen and oxygen atoms in total. The minimum Gasteiger partial charge on any atom is -0.491 e. The van der Waals surface area contributed by atoms with Gasteiger partial charge in [0.05, 0.1) is 19.2 Å². The van der Waals surface area contributed by atoms with Crippen molar-refractivity contribution in [2.75, 3.05) is 34.5 Å². The molecule has 0 aliphatic carbocycles. The van der Waals surface area contributed by atoms with E-state index < -0.39 is 0 Å². The lowest BCUT2D eigenvalue weighted by Gasteiger charge is -2.07. The Morgan fingerprint density at radius 2 is 2.20 bits per heavy atom. The summed E-state index contributed by atoms with van der Waals surface area (Å²) in [6, 6.07) is 0. The maximum Gasteiger partial charge on any atom is 0.289 e. The standard InChI is InChI=1S/C9H14N2O4/c1-11-4-6(7(15-3)9(11)13)8(12)10-5-14-2/h4-5H2,1-3H3,(H,10,12). The minimum atomic E-state index is -0.341. The van der Waals surface area contributed by atoms with Crippen molar-refractivity contribution in [3.05, 3.63) is 11.3 Å². The number of carbonyl (C=O) groups excluding carboxylic acids is 2. The number of amides is 2. The van der Waals surface area contributed by atoms with Gasteiger partial charge in [-0.15, -0.1) is 0 Å². The maximum absolute atomic E-state index is 11.6. The first-order chi connectivity index (χ1) is 7.11. The molecule has 0 saturated carbocycles. The zero-order valence-electron chi connectivity index (χ0n) is 8.99. The average molecular weight is 214 g/mol. The Hall–Kier alpha value is -1.56. The van der Waals surface area contributed by atoms with E-state index in [1.807, 2.05) is 0 Å². The highest BCUT2D eigenvalue weighted by molar-refractivity contribution is 6.07. The first-order valence-corrected chi connectivity index (χ1v) is 4.41. The Balaban J connectivity index is 2.78. The first-order valence-electron chi connectivity index (χ1n) is 4.41. The number of likely N-dealkylation sites (N-methyl/N-ethyl adjacent to an activating group) is 1. The predicted molar refractivity (Wildman–Crippen MR) is 51.7 cm³/mol. The average Bonchev–Trinajstić information content (AvgIpc) is 2.52. The third kappa shape index (κ3) is 2.27. The number of hydrogen-bond acceptors (Lipinski definition) is 4. The molecule has 2 amide bonds. The molecule has 1 aliphatic rings. The predicted octanol–water partition coefficient (Wildman–Crippen LogP) is -0.921.